The Balaban J connectivity index is 1.34. The Labute approximate surface area is 159 Å². The zero-order chi connectivity index (χ0) is 18.8. The number of nitrogens with zero attached hydrogens (tertiary/aromatic N) is 5. The fraction of sp³-hybridized carbons (Fsp3) is 0.550. The quantitative estimate of drug-likeness (QED) is 0.825. The van der Waals surface area contributed by atoms with Gasteiger partial charge >= 0.3 is 0 Å². The Morgan fingerprint density at radius 2 is 2.15 bits per heavy atom. The summed E-state index contributed by atoms with van der Waals surface area (Å²) in [6.45, 7) is 2.90. The van der Waals surface area contributed by atoms with Crippen LogP contribution >= 0.6 is 0 Å². The third-order valence-corrected chi connectivity index (χ3v) is 5.90. The third-order valence-electron chi connectivity index (χ3n) is 5.90. The SMILES string of the molecule is CN(c1cncc2ccoc12)C1CCN(CC(=O)N2CCC[C@H]2C#N)CC1. The van der Waals surface area contributed by atoms with Crippen LogP contribution in [0, 0.1) is 11.3 Å². The number of carbonyl (C=O) groups excluding carboxylic acids is 1. The van der Waals surface area contributed by atoms with Crippen molar-refractivity contribution in [3.05, 3.63) is 24.7 Å². The first-order chi connectivity index (χ1) is 13.2. The monoisotopic (exact) mass is 367 g/mol. The zero-order valence-electron chi connectivity index (χ0n) is 15.7. The molecule has 2 aliphatic heterocycles. The Morgan fingerprint density at radius 3 is 2.93 bits per heavy atom. The van der Waals surface area contributed by atoms with Crippen molar-refractivity contribution in [1.29, 1.82) is 5.26 Å². The lowest BCUT2D eigenvalue weighted by atomic mass is 10.0. The third kappa shape index (κ3) is 3.50. The first-order valence-corrected chi connectivity index (χ1v) is 9.63. The van der Waals surface area contributed by atoms with Crippen molar-refractivity contribution in [3.8, 4) is 6.07 Å². The molecule has 0 unspecified atom stereocenters. The molecule has 0 saturated carbocycles. The minimum Gasteiger partial charge on any atom is -0.462 e. The van der Waals surface area contributed by atoms with E-state index in [1.165, 1.54) is 0 Å². The van der Waals surface area contributed by atoms with E-state index in [1.54, 1.807) is 11.2 Å². The summed E-state index contributed by atoms with van der Waals surface area (Å²) in [6, 6.07) is 4.34. The molecule has 7 heteroatoms. The van der Waals surface area contributed by atoms with Crippen molar-refractivity contribution in [1.82, 2.24) is 14.8 Å². The van der Waals surface area contributed by atoms with Crippen molar-refractivity contribution < 1.29 is 9.21 Å². The van der Waals surface area contributed by atoms with Gasteiger partial charge in [0.15, 0.2) is 5.58 Å². The van der Waals surface area contributed by atoms with Crippen molar-refractivity contribution in [3.63, 3.8) is 0 Å². The fourth-order valence-corrected chi connectivity index (χ4v) is 4.27. The molecule has 142 valence electrons. The molecule has 2 aromatic rings. The highest BCUT2D eigenvalue weighted by Gasteiger charge is 2.31. The molecule has 0 aliphatic carbocycles. The lowest BCUT2D eigenvalue weighted by Gasteiger charge is -2.37. The minimum atomic E-state index is -0.234. The number of rotatable bonds is 4. The molecule has 0 radical (unpaired) electrons. The fourth-order valence-electron chi connectivity index (χ4n) is 4.27. The summed E-state index contributed by atoms with van der Waals surface area (Å²) >= 11 is 0. The molecule has 2 saturated heterocycles. The van der Waals surface area contributed by atoms with Crippen LogP contribution in [0.25, 0.3) is 11.0 Å². The van der Waals surface area contributed by atoms with E-state index >= 15 is 0 Å². The van der Waals surface area contributed by atoms with Crippen molar-refractivity contribution in [2.75, 3.05) is 38.1 Å². The molecule has 0 aromatic carbocycles. The highest BCUT2D eigenvalue weighted by Crippen LogP contribution is 2.29. The molecule has 7 nitrogen and oxygen atoms in total. The van der Waals surface area contributed by atoms with Crippen molar-refractivity contribution >= 4 is 22.6 Å². The maximum atomic E-state index is 12.5. The average molecular weight is 367 g/mol. The highest BCUT2D eigenvalue weighted by molar-refractivity contribution is 5.88. The van der Waals surface area contributed by atoms with Gasteiger partial charge in [0.2, 0.25) is 5.91 Å². The van der Waals surface area contributed by atoms with Crippen LogP contribution in [0.5, 0.6) is 0 Å². The van der Waals surface area contributed by atoms with Gasteiger partial charge in [-0.3, -0.25) is 14.7 Å². The second-order valence-corrected chi connectivity index (χ2v) is 7.49. The van der Waals surface area contributed by atoms with E-state index in [0.717, 1.165) is 62.0 Å². The van der Waals surface area contributed by atoms with E-state index in [1.807, 2.05) is 18.5 Å². The van der Waals surface area contributed by atoms with E-state index in [2.05, 4.69) is 27.9 Å². The molecule has 2 fully saturated rings. The van der Waals surface area contributed by atoms with Gasteiger partial charge in [-0.2, -0.15) is 5.26 Å². The second-order valence-electron chi connectivity index (χ2n) is 7.49. The summed E-state index contributed by atoms with van der Waals surface area (Å²) in [5.74, 6) is 0.0930. The van der Waals surface area contributed by atoms with Gasteiger partial charge in [0, 0.05) is 44.3 Å². The van der Waals surface area contributed by atoms with Gasteiger partial charge < -0.3 is 14.2 Å². The Bertz CT molecular complexity index is 849. The van der Waals surface area contributed by atoms with Crippen LogP contribution in [0.1, 0.15) is 25.7 Å². The number of piperidine rings is 1. The van der Waals surface area contributed by atoms with Gasteiger partial charge in [0.1, 0.15) is 6.04 Å². The predicted molar refractivity (Wildman–Crippen MR) is 102 cm³/mol. The predicted octanol–water partition coefficient (Wildman–Crippen LogP) is 2.24. The Hall–Kier alpha value is -2.59. The summed E-state index contributed by atoms with van der Waals surface area (Å²) in [4.78, 5) is 23.1. The van der Waals surface area contributed by atoms with Crippen LogP contribution < -0.4 is 4.90 Å². The number of amides is 1. The van der Waals surface area contributed by atoms with Crippen molar-refractivity contribution in [2.24, 2.45) is 0 Å². The number of carbonyl (C=O) groups is 1. The van der Waals surface area contributed by atoms with Gasteiger partial charge in [-0.1, -0.05) is 0 Å². The van der Waals surface area contributed by atoms with Crippen molar-refractivity contribution in [2.45, 2.75) is 37.8 Å². The molecule has 4 heterocycles. The molecule has 1 atom stereocenters. The van der Waals surface area contributed by atoms with Crippen LogP contribution in [-0.2, 0) is 4.79 Å². The molecule has 1 amide bonds. The number of aromatic nitrogens is 1. The maximum Gasteiger partial charge on any atom is 0.237 e. The first kappa shape index (κ1) is 17.8. The van der Waals surface area contributed by atoms with Gasteiger partial charge in [-0.15, -0.1) is 0 Å². The first-order valence-electron chi connectivity index (χ1n) is 9.63. The lowest BCUT2D eigenvalue weighted by molar-refractivity contribution is -0.132. The summed E-state index contributed by atoms with van der Waals surface area (Å²) in [5, 5.41) is 10.2. The molecular formula is C20H25N5O2. The number of hydrogen-bond acceptors (Lipinski definition) is 6. The van der Waals surface area contributed by atoms with Gasteiger partial charge in [-0.05, 0) is 31.7 Å². The Morgan fingerprint density at radius 1 is 1.33 bits per heavy atom. The van der Waals surface area contributed by atoms with Gasteiger partial charge in [0.05, 0.1) is 30.8 Å². The smallest absolute Gasteiger partial charge is 0.237 e. The number of furan rings is 1. The van der Waals surface area contributed by atoms with E-state index in [-0.39, 0.29) is 11.9 Å². The van der Waals surface area contributed by atoms with E-state index in [9.17, 15) is 10.1 Å². The summed E-state index contributed by atoms with van der Waals surface area (Å²) in [7, 11) is 2.09. The van der Waals surface area contributed by atoms with Crippen LogP contribution in [0.3, 0.4) is 0 Å². The minimum absolute atomic E-state index is 0.0930. The van der Waals surface area contributed by atoms with Gasteiger partial charge in [0.25, 0.3) is 0 Å². The van der Waals surface area contributed by atoms with Crippen LogP contribution in [0.15, 0.2) is 29.1 Å². The number of hydrogen-bond donors (Lipinski definition) is 0. The summed E-state index contributed by atoms with van der Waals surface area (Å²) < 4.78 is 5.64. The molecule has 0 bridgehead atoms. The molecule has 2 aromatic heterocycles. The zero-order valence-corrected chi connectivity index (χ0v) is 15.7. The van der Waals surface area contributed by atoms with E-state index < -0.39 is 0 Å². The largest absolute Gasteiger partial charge is 0.462 e. The molecule has 0 N–H and O–H groups in total. The van der Waals surface area contributed by atoms with Gasteiger partial charge in [-0.25, -0.2) is 0 Å². The highest BCUT2D eigenvalue weighted by atomic mass is 16.3. The number of anilines is 1. The number of fused-ring (bicyclic) bond motifs is 1. The molecule has 2 aliphatic rings. The number of likely N-dealkylation sites (tertiary alicyclic amines) is 2. The van der Waals surface area contributed by atoms with Crippen LogP contribution in [0.4, 0.5) is 5.69 Å². The topological polar surface area (TPSA) is 76.6 Å². The lowest BCUT2D eigenvalue weighted by Crippen LogP contribution is -2.48. The normalized spacial score (nSPS) is 21.5. The average Bonchev–Trinajstić information content (AvgIpc) is 3.36. The van der Waals surface area contributed by atoms with E-state index in [4.69, 9.17) is 4.42 Å². The maximum absolute atomic E-state index is 12.5. The Kier molecular flexibility index (Phi) is 4.99. The van der Waals surface area contributed by atoms with Crippen LogP contribution in [-0.4, -0.2) is 66.0 Å². The second kappa shape index (κ2) is 7.57. The molecule has 0 spiro atoms. The standard InChI is InChI=1S/C20H25N5O2/c1-23(18-13-22-12-15-6-10-27-20(15)18)16-4-8-24(9-5-16)14-19(26)25-7-2-3-17(25)11-21/h6,10,12-13,16-17H,2-5,7-9,14H2,1H3/t17-/m0/s1. The summed E-state index contributed by atoms with van der Waals surface area (Å²) in [5.41, 5.74) is 1.89. The summed E-state index contributed by atoms with van der Waals surface area (Å²) in [6.07, 6.45) is 9.09. The molecular weight excluding hydrogens is 342 g/mol. The van der Waals surface area contributed by atoms with E-state index in [0.29, 0.717) is 12.6 Å². The molecule has 27 heavy (non-hydrogen) atoms. The van der Waals surface area contributed by atoms with Crippen LogP contribution in [0.2, 0.25) is 0 Å². The molecule has 4 rings (SSSR count). The number of pyridine rings is 1. The number of nitriles is 1.